The van der Waals surface area contributed by atoms with Gasteiger partial charge in [-0.25, -0.2) is 4.90 Å². The third-order valence-electron chi connectivity index (χ3n) is 6.71. The van der Waals surface area contributed by atoms with Crippen molar-refractivity contribution in [2.45, 2.75) is 33.6 Å². The summed E-state index contributed by atoms with van der Waals surface area (Å²) >= 11 is 0. The molecule has 3 fully saturated rings. The van der Waals surface area contributed by atoms with Gasteiger partial charge >= 0.3 is 0 Å². The molecule has 1 aromatic rings. The van der Waals surface area contributed by atoms with Crippen molar-refractivity contribution in [1.82, 2.24) is 0 Å². The summed E-state index contributed by atoms with van der Waals surface area (Å²) in [6, 6.07) is 4.12. The molecule has 4 atom stereocenters. The maximum absolute atomic E-state index is 13.2. The smallest absolute Gasteiger partial charge is 0.238 e. The first-order valence-electron chi connectivity index (χ1n) is 8.60. The molecule has 23 heavy (non-hydrogen) atoms. The first-order valence-corrected chi connectivity index (χ1v) is 8.60. The molecule has 3 nitrogen and oxygen atoms in total. The van der Waals surface area contributed by atoms with E-state index in [4.69, 9.17) is 0 Å². The number of anilines is 1. The van der Waals surface area contributed by atoms with Crippen LogP contribution < -0.4 is 4.90 Å². The number of carbonyl (C=O) groups is 2. The number of rotatable bonds is 1. The Labute approximate surface area is 136 Å². The van der Waals surface area contributed by atoms with Gasteiger partial charge in [-0.05, 0) is 62.0 Å². The highest BCUT2D eigenvalue weighted by Crippen LogP contribution is 2.73. The van der Waals surface area contributed by atoms with E-state index in [1.54, 1.807) is 0 Å². The molecule has 1 spiro atoms. The van der Waals surface area contributed by atoms with Gasteiger partial charge in [-0.1, -0.05) is 29.8 Å². The Morgan fingerprint density at radius 3 is 1.83 bits per heavy atom. The maximum Gasteiger partial charge on any atom is 0.238 e. The molecule has 0 N–H and O–H groups in total. The highest BCUT2D eigenvalue weighted by Gasteiger charge is 2.73. The minimum Gasteiger partial charge on any atom is -0.274 e. The molecular weight excluding hydrogens is 286 g/mol. The molecule has 1 aliphatic heterocycles. The number of carbonyl (C=O) groups excluding carboxylic acids is 2. The summed E-state index contributed by atoms with van der Waals surface area (Å²) in [5.74, 6) is 0.451. The van der Waals surface area contributed by atoms with Gasteiger partial charge in [0.15, 0.2) is 0 Å². The number of fused-ring (bicyclic) bond motifs is 3. The number of amides is 2. The first-order chi connectivity index (χ1) is 11.0. The second-order valence-electron chi connectivity index (χ2n) is 7.98. The average Bonchev–Trinajstić information content (AvgIpc) is 3.08. The molecule has 2 saturated carbocycles. The number of benzene rings is 1. The summed E-state index contributed by atoms with van der Waals surface area (Å²) < 4.78 is 0. The van der Waals surface area contributed by atoms with E-state index >= 15 is 0 Å². The molecule has 2 amide bonds. The number of allylic oxidation sites excluding steroid dienone is 2. The molecule has 0 aromatic heterocycles. The van der Waals surface area contributed by atoms with Crippen LogP contribution in [-0.4, -0.2) is 11.8 Å². The van der Waals surface area contributed by atoms with Crippen molar-refractivity contribution >= 4 is 17.5 Å². The molecule has 1 heterocycles. The fraction of sp³-hybridized carbons (Fsp3) is 0.500. The van der Waals surface area contributed by atoms with Gasteiger partial charge in [-0.15, -0.1) is 0 Å². The lowest BCUT2D eigenvalue weighted by atomic mass is 9.85. The summed E-state index contributed by atoms with van der Waals surface area (Å²) in [5.41, 5.74) is 4.30. The predicted octanol–water partition coefficient (Wildman–Crippen LogP) is 3.31. The standard InChI is InChI=1S/C20H21NO2/c1-10-8-11(2)17(12(3)9-10)21-18(22)15-13-4-5-14(16(15)19(21)23)20(13)6-7-20/h4-5,8-9,13-16H,6-7H2,1-3H3/t13-,14-,15-,16+/m0/s1. The first kappa shape index (κ1) is 13.5. The molecule has 3 aliphatic carbocycles. The number of aryl methyl sites for hydroxylation is 3. The Balaban J connectivity index is 1.62. The minimum absolute atomic E-state index is 0.0400. The lowest BCUT2D eigenvalue weighted by molar-refractivity contribution is -0.123. The van der Waals surface area contributed by atoms with Crippen LogP contribution in [0.2, 0.25) is 0 Å². The van der Waals surface area contributed by atoms with E-state index in [1.807, 2.05) is 20.8 Å². The van der Waals surface area contributed by atoms with E-state index in [9.17, 15) is 9.59 Å². The fourth-order valence-corrected chi connectivity index (χ4v) is 5.82. The lowest BCUT2D eigenvalue weighted by Crippen LogP contribution is -2.35. The van der Waals surface area contributed by atoms with Gasteiger partial charge in [0.05, 0.1) is 17.5 Å². The van der Waals surface area contributed by atoms with Crippen LogP contribution in [0, 0.1) is 49.9 Å². The number of hydrogen-bond acceptors (Lipinski definition) is 2. The quantitative estimate of drug-likeness (QED) is 0.589. The van der Waals surface area contributed by atoms with Crippen LogP contribution in [0.5, 0.6) is 0 Å². The molecule has 2 bridgehead atoms. The molecule has 4 aliphatic rings. The van der Waals surface area contributed by atoms with E-state index in [0.29, 0.717) is 11.8 Å². The van der Waals surface area contributed by atoms with Gasteiger partial charge in [0, 0.05) is 0 Å². The Morgan fingerprint density at radius 1 is 0.913 bits per heavy atom. The molecule has 0 radical (unpaired) electrons. The second kappa shape index (κ2) is 3.95. The lowest BCUT2D eigenvalue weighted by Gasteiger charge is -2.24. The average molecular weight is 307 g/mol. The van der Waals surface area contributed by atoms with Gasteiger partial charge in [0.1, 0.15) is 0 Å². The zero-order valence-electron chi connectivity index (χ0n) is 13.8. The van der Waals surface area contributed by atoms with Crippen molar-refractivity contribution in [3.05, 3.63) is 41.0 Å². The Morgan fingerprint density at radius 2 is 1.39 bits per heavy atom. The van der Waals surface area contributed by atoms with Gasteiger partial charge in [0.2, 0.25) is 11.8 Å². The molecule has 1 saturated heterocycles. The van der Waals surface area contributed by atoms with Crippen molar-refractivity contribution in [3.8, 4) is 0 Å². The summed E-state index contributed by atoms with van der Waals surface area (Å²) in [6.07, 6.45) is 6.82. The van der Waals surface area contributed by atoms with Crippen LogP contribution >= 0.6 is 0 Å². The van der Waals surface area contributed by atoms with Crippen LogP contribution in [0.4, 0.5) is 5.69 Å². The van der Waals surface area contributed by atoms with E-state index in [0.717, 1.165) is 16.8 Å². The molecule has 118 valence electrons. The zero-order valence-corrected chi connectivity index (χ0v) is 13.8. The number of nitrogens with zero attached hydrogens (tertiary/aromatic N) is 1. The largest absolute Gasteiger partial charge is 0.274 e. The Kier molecular flexibility index (Phi) is 2.32. The Hall–Kier alpha value is -1.90. The monoisotopic (exact) mass is 307 g/mol. The van der Waals surface area contributed by atoms with E-state index in [-0.39, 0.29) is 29.1 Å². The van der Waals surface area contributed by atoms with Crippen LogP contribution in [0.3, 0.4) is 0 Å². The third-order valence-corrected chi connectivity index (χ3v) is 6.71. The van der Waals surface area contributed by atoms with E-state index < -0.39 is 0 Å². The summed E-state index contributed by atoms with van der Waals surface area (Å²) in [5, 5.41) is 0. The molecular formula is C20H21NO2. The van der Waals surface area contributed by atoms with Crippen LogP contribution in [0.25, 0.3) is 0 Å². The van der Waals surface area contributed by atoms with Gasteiger partial charge < -0.3 is 0 Å². The molecule has 0 unspecified atom stereocenters. The summed E-state index contributed by atoms with van der Waals surface area (Å²) in [4.78, 5) is 27.8. The SMILES string of the molecule is Cc1cc(C)c(N2C(=O)[C@@H]3[C@H](C2=O)[C@@H]2C=C[C@@H]3C23CC3)c(C)c1. The normalized spacial score (nSPS) is 35.5. The van der Waals surface area contributed by atoms with Gasteiger partial charge in [0.25, 0.3) is 0 Å². The van der Waals surface area contributed by atoms with Crippen molar-refractivity contribution in [2.24, 2.45) is 29.1 Å². The van der Waals surface area contributed by atoms with Crippen LogP contribution in [0.15, 0.2) is 24.3 Å². The van der Waals surface area contributed by atoms with Crippen LogP contribution in [-0.2, 0) is 9.59 Å². The van der Waals surface area contributed by atoms with Crippen molar-refractivity contribution in [3.63, 3.8) is 0 Å². The van der Waals surface area contributed by atoms with Gasteiger partial charge in [-0.3, -0.25) is 9.59 Å². The maximum atomic E-state index is 13.2. The van der Waals surface area contributed by atoms with Crippen molar-refractivity contribution < 1.29 is 9.59 Å². The third kappa shape index (κ3) is 1.42. The highest BCUT2D eigenvalue weighted by molar-refractivity contribution is 6.23. The van der Waals surface area contributed by atoms with Crippen LogP contribution in [0.1, 0.15) is 29.5 Å². The Bertz CT molecular complexity index is 745. The zero-order chi connectivity index (χ0) is 16.1. The predicted molar refractivity (Wildman–Crippen MR) is 87.9 cm³/mol. The number of hydrogen-bond donors (Lipinski definition) is 0. The van der Waals surface area contributed by atoms with E-state index in [1.165, 1.54) is 23.3 Å². The minimum atomic E-state index is -0.111. The number of imide groups is 1. The second-order valence-corrected chi connectivity index (χ2v) is 7.98. The van der Waals surface area contributed by atoms with Crippen molar-refractivity contribution in [2.75, 3.05) is 4.90 Å². The van der Waals surface area contributed by atoms with Gasteiger partial charge in [-0.2, -0.15) is 0 Å². The molecule has 5 rings (SSSR count). The molecule has 1 aromatic carbocycles. The van der Waals surface area contributed by atoms with E-state index in [2.05, 4.69) is 24.3 Å². The summed E-state index contributed by atoms with van der Waals surface area (Å²) in [7, 11) is 0. The summed E-state index contributed by atoms with van der Waals surface area (Å²) in [6.45, 7) is 6.05. The van der Waals surface area contributed by atoms with Crippen molar-refractivity contribution in [1.29, 1.82) is 0 Å². The molecule has 3 heteroatoms. The topological polar surface area (TPSA) is 37.4 Å². The fourth-order valence-electron chi connectivity index (χ4n) is 5.82. The highest BCUT2D eigenvalue weighted by atomic mass is 16.2.